The van der Waals surface area contributed by atoms with Gasteiger partial charge in [-0.15, -0.1) is 0 Å². The number of rotatable bonds is 4. The molecule has 0 saturated heterocycles. The summed E-state index contributed by atoms with van der Waals surface area (Å²) < 4.78 is 1.04. The minimum absolute atomic E-state index is 0.00887. The fourth-order valence-electron chi connectivity index (χ4n) is 1.40. The lowest BCUT2D eigenvalue weighted by molar-refractivity contribution is -0.131. The molecule has 0 saturated carbocycles. The Kier molecular flexibility index (Phi) is 4.96. The number of benzene rings is 1. The maximum absolute atomic E-state index is 11.7. The molecule has 4 heteroatoms. The van der Waals surface area contributed by atoms with Crippen LogP contribution in [0.25, 0.3) is 0 Å². The van der Waals surface area contributed by atoms with Crippen molar-refractivity contribution in [3.63, 3.8) is 0 Å². The number of amides is 1. The number of hydrogen-bond acceptors (Lipinski definition) is 2. The van der Waals surface area contributed by atoms with Gasteiger partial charge in [-0.3, -0.25) is 4.79 Å². The zero-order valence-electron chi connectivity index (χ0n) is 9.61. The fourth-order valence-corrected chi connectivity index (χ4v) is 1.66. The SMILES string of the molecule is CC[C@@H](N)C(=O)N(C)Cc1ccc(Br)cc1. The van der Waals surface area contributed by atoms with Crippen molar-refractivity contribution in [2.45, 2.75) is 25.9 Å². The molecule has 0 aromatic heterocycles. The number of nitrogens with two attached hydrogens (primary N) is 1. The van der Waals surface area contributed by atoms with Gasteiger partial charge in [-0.2, -0.15) is 0 Å². The van der Waals surface area contributed by atoms with E-state index in [9.17, 15) is 4.79 Å². The van der Waals surface area contributed by atoms with E-state index in [2.05, 4.69) is 15.9 Å². The minimum atomic E-state index is -0.388. The Morgan fingerprint density at radius 2 is 2.00 bits per heavy atom. The second-order valence-corrected chi connectivity index (χ2v) is 4.75. The summed E-state index contributed by atoms with van der Waals surface area (Å²) in [5, 5.41) is 0. The lowest BCUT2D eigenvalue weighted by Crippen LogP contribution is -2.40. The molecule has 88 valence electrons. The molecule has 1 rings (SSSR count). The maximum atomic E-state index is 11.7. The van der Waals surface area contributed by atoms with Gasteiger partial charge >= 0.3 is 0 Å². The number of halogens is 1. The summed E-state index contributed by atoms with van der Waals surface area (Å²) in [5.74, 6) is -0.00887. The van der Waals surface area contributed by atoms with Crippen LogP contribution >= 0.6 is 15.9 Å². The molecular formula is C12H17BrN2O. The molecule has 0 spiro atoms. The highest BCUT2D eigenvalue weighted by Gasteiger charge is 2.15. The van der Waals surface area contributed by atoms with Crippen LogP contribution in [0.3, 0.4) is 0 Å². The summed E-state index contributed by atoms with van der Waals surface area (Å²) in [6.45, 7) is 2.51. The Morgan fingerprint density at radius 1 is 1.44 bits per heavy atom. The Balaban J connectivity index is 2.60. The van der Waals surface area contributed by atoms with Crippen LogP contribution in [0.15, 0.2) is 28.7 Å². The topological polar surface area (TPSA) is 46.3 Å². The van der Waals surface area contributed by atoms with Gasteiger partial charge in [0.15, 0.2) is 0 Å². The molecule has 1 aromatic rings. The zero-order valence-corrected chi connectivity index (χ0v) is 11.2. The molecule has 0 bridgehead atoms. The molecule has 3 nitrogen and oxygen atoms in total. The van der Waals surface area contributed by atoms with Crippen LogP contribution in [0.1, 0.15) is 18.9 Å². The summed E-state index contributed by atoms with van der Waals surface area (Å²) in [6, 6.07) is 7.53. The quantitative estimate of drug-likeness (QED) is 0.921. The molecule has 0 aliphatic carbocycles. The van der Waals surface area contributed by atoms with Crippen LogP contribution in [0.4, 0.5) is 0 Å². The van der Waals surface area contributed by atoms with Crippen molar-refractivity contribution < 1.29 is 4.79 Å². The minimum Gasteiger partial charge on any atom is -0.340 e. The van der Waals surface area contributed by atoms with Crippen molar-refractivity contribution in [3.8, 4) is 0 Å². The number of nitrogens with zero attached hydrogens (tertiary/aromatic N) is 1. The molecule has 0 unspecified atom stereocenters. The average molecular weight is 285 g/mol. The summed E-state index contributed by atoms with van der Waals surface area (Å²) in [7, 11) is 1.78. The highest BCUT2D eigenvalue weighted by Crippen LogP contribution is 2.12. The highest BCUT2D eigenvalue weighted by molar-refractivity contribution is 9.10. The largest absolute Gasteiger partial charge is 0.340 e. The van der Waals surface area contributed by atoms with E-state index < -0.39 is 0 Å². The van der Waals surface area contributed by atoms with E-state index in [1.807, 2.05) is 31.2 Å². The molecule has 0 heterocycles. The molecule has 16 heavy (non-hydrogen) atoms. The third kappa shape index (κ3) is 3.61. The monoisotopic (exact) mass is 284 g/mol. The van der Waals surface area contributed by atoms with Crippen molar-refractivity contribution in [1.82, 2.24) is 4.90 Å². The van der Waals surface area contributed by atoms with Crippen LogP contribution in [-0.4, -0.2) is 23.9 Å². The van der Waals surface area contributed by atoms with Gasteiger partial charge < -0.3 is 10.6 Å². The normalized spacial score (nSPS) is 12.2. The van der Waals surface area contributed by atoms with Crippen LogP contribution in [-0.2, 0) is 11.3 Å². The van der Waals surface area contributed by atoms with Gasteiger partial charge in [0.25, 0.3) is 0 Å². The number of carbonyl (C=O) groups excluding carboxylic acids is 1. The van der Waals surface area contributed by atoms with E-state index in [-0.39, 0.29) is 11.9 Å². The summed E-state index contributed by atoms with van der Waals surface area (Å²) in [4.78, 5) is 13.4. The fraction of sp³-hybridized carbons (Fsp3) is 0.417. The molecule has 1 aromatic carbocycles. The van der Waals surface area contributed by atoms with Crippen LogP contribution in [0.5, 0.6) is 0 Å². The summed E-state index contributed by atoms with van der Waals surface area (Å²) in [6.07, 6.45) is 0.670. The smallest absolute Gasteiger partial charge is 0.239 e. The van der Waals surface area contributed by atoms with E-state index in [0.29, 0.717) is 13.0 Å². The Labute approximate surface area is 105 Å². The molecule has 1 amide bonds. The maximum Gasteiger partial charge on any atom is 0.239 e. The van der Waals surface area contributed by atoms with Crippen molar-refractivity contribution in [1.29, 1.82) is 0 Å². The molecule has 1 atom stereocenters. The van der Waals surface area contributed by atoms with Crippen molar-refractivity contribution >= 4 is 21.8 Å². The Morgan fingerprint density at radius 3 is 2.50 bits per heavy atom. The van der Waals surface area contributed by atoms with Gasteiger partial charge in [0.05, 0.1) is 6.04 Å². The van der Waals surface area contributed by atoms with Crippen molar-refractivity contribution in [3.05, 3.63) is 34.3 Å². The standard InChI is InChI=1S/C12H17BrN2O/c1-3-11(14)12(16)15(2)8-9-4-6-10(13)7-5-9/h4-7,11H,3,8,14H2,1-2H3/t11-/m1/s1. The molecule has 2 N–H and O–H groups in total. The average Bonchev–Trinajstić information content (AvgIpc) is 2.30. The van der Waals surface area contributed by atoms with Crippen LogP contribution < -0.4 is 5.73 Å². The third-order valence-electron chi connectivity index (χ3n) is 2.47. The first kappa shape index (κ1) is 13.2. The first-order valence-electron chi connectivity index (χ1n) is 5.29. The first-order chi connectivity index (χ1) is 7.54. The highest BCUT2D eigenvalue weighted by atomic mass is 79.9. The third-order valence-corrected chi connectivity index (χ3v) is 2.99. The summed E-state index contributed by atoms with van der Waals surface area (Å²) in [5.41, 5.74) is 6.80. The molecule has 0 aliphatic heterocycles. The van der Waals surface area contributed by atoms with Crippen molar-refractivity contribution in [2.24, 2.45) is 5.73 Å². The second kappa shape index (κ2) is 6.01. The second-order valence-electron chi connectivity index (χ2n) is 3.84. The molecule has 0 aliphatic rings. The van der Waals surface area contributed by atoms with E-state index in [1.54, 1.807) is 11.9 Å². The van der Waals surface area contributed by atoms with Gasteiger partial charge in [0.1, 0.15) is 0 Å². The molecule has 0 fully saturated rings. The van der Waals surface area contributed by atoms with Gasteiger partial charge in [-0.25, -0.2) is 0 Å². The number of likely N-dealkylation sites (N-methyl/N-ethyl adjacent to an activating group) is 1. The number of carbonyl (C=O) groups is 1. The molecule has 0 radical (unpaired) electrons. The first-order valence-corrected chi connectivity index (χ1v) is 6.09. The lowest BCUT2D eigenvalue weighted by Gasteiger charge is -2.20. The van der Waals surface area contributed by atoms with Gasteiger partial charge in [0, 0.05) is 18.1 Å². The van der Waals surface area contributed by atoms with E-state index in [1.165, 1.54) is 0 Å². The van der Waals surface area contributed by atoms with Crippen molar-refractivity contribution in [2.75, 3.05) is 7.05 Å². The van der Waals surface area contributed by atoms with Crippen LogP contribution in [0, 0.1) is 0 Å². The van der Waals surface area contributed by atoms with E-state index >= 15 is 0 Å². The van der Waals surface area contributed by atoms with Gasteiger partial charge in [-0.1, -0.05) is 35.0 Å². The van der Waals surface area contributed by atoms with E-state index in [4.69, 9.17) is 5.73 Å². The van der Waals surface area contributed by atoms with Gasteiger partial charge in [0.2, 0.25) is 5.91 Å². The van der Waals surface area contributed by atoms with E-state index in [0.717, 1.165) is 10.0 Å². The Hall–Kier alpha value is -0.870. The molecular weight excluding hydrogens is 268 g/mol. The predicted octanol–water partition coefficient (Wildman–Crippen LogP) is 2.14. The number of hydrogen-bond donors (Lipinski definition) is 1. The zero-order chi connectivity index (χ0) is 12.1. The lowest BCUT2D eigenvalue weighted by atomic mass is 10.2. The van der Waals surface area contributed by atoms with Crippen LogP contribution in [0.2, 0.25) is 0 Å². The van der Waals surface area contributed by atoms with Gasteiger partial charge in [-0.05, 0) is 24.1 Å². The summed E-state index contributed by atoms with van der Waals surface area (Å²) >= 11 is 3.37. The predicted molar refractivity (Wildman–Crippen MR) is 68.9 cm³/mol. The Bertz CT molecular complexity index is 351.